The van der Waals surface area contributed by atoms with Gasteiger partial charge in [-0.25, -0.2) is 4.57 Å². The summed E-state index contributed by atoms with van der Waals surface area (Å²) in [6.07, 6.45) is 27.2. The third-order valence-corrected chi connectivity index (χ3v) is 8.71. The van der Waals surface area contributed by atoms with Crippen molar-refractivity contribution in [3.8, 4) is 0 Å². The molecule has 0 fully saturated rings. The molecule has 0 saturated heterocycles. The van der Waals surface area contributed by atoms with Crippen LogP contribution in [0.5, 0.6) is 0 Å². The van der Waals surface area contributed by atoms with Crippen molar-refractivity contribution in [3.05, 3.63) is 12.2 Å². The first-order valence-electron chi connectivity index (χ1n) is 18.2. The summed E-state index contributed by atoms with van der Waals surface area (Å²) in [4.78, 5) is 45.6. The van der Waals surface area contributed by atoms with Crippen LogP contribution in [0.15, 0.2) is 12.2 Å². The number of ether oxygens (including phenoxy) is 2. The van der Waals surface area contributed by atoms with E-state index in [1.807, 2.05) is 0 Å². The molecule has 0 aliphatic carbocycles. The number of carbonyl (C=O) groups is 3. The summed E-state index contributed by atoms with van der Waals surface area (Å²) in [7, 11) is -4.70. The quantitative estimate of drug-likeness (QED) is 0.0255. The van der Waals surface area contributed by atoms with Gasteiger partial charge in [-0.3, -0.25) is 23.4 Å². The second-order valence-electron chi connectivity index (χ2n) is 12.4. The van der Waals surface area contributed by atoms with Gasteiger partial charge in [0.25, 0.3) is 0 Å². The van der Waals surface area contributed by atoms with Crippen molar-refractivity contribution < 1.29 is 47.5 Å². The van der Waals surface area contributed by atoms with Crippen molar-refractivity contribution in [3.63, 3.8) is 0 Å². The smallest absolute Gasteiger partial charge is 0.472 e. The molecule has 276 valence electrons. The Morgan fingerprint density at radius 1 is 0.638 bits per heavy atom. The summed E-state index contributed by atoms with van der Waals surface area (Å²) in [6.45, 7) is 2.74. The highest BCUT2D eigenvalue weighted by Gasteiger charge is 2.28. The van der Waals surface area contributed by atoms with E-state index in [4.69, 9.17) is 24.8 Å². The van der Waals surface area contributed by atoms with Crippen molar-refractivity contribution in [2.75, 3.05) is 19.8 Å². The molecule has 0 amide bonds. The molecule has 0 radical (unpaired) electrons. The van der Waals surface area contributed by atoms with Gasteiger partial charge in [-0.05, 0) is 38.5 Å². The van der Waals surface area contributed by atoms with Gasteiger partial charge >= 0.3 is 25.7 Å². The molecule has 47 heavy (non-hydrogen) atoms. The Balaban J connectivity index is 4.48. The number of unbranched alkanes of at least 4 members (excludes halogenated alkanes) is 18. The SMILES string of the molecule is CCCCCC/C=C\CCCCCCCC(=O)OC(COC(=O)CCCCCCCCCCCC)COP(=O)(O)OCC(N)C(=O)O. The molecule has 0 bridgehead atoms. The van der Waals surface area contributed by atoms with Crippen molar-refractivity contribution in [2.24, 2.45) is 5.73 Å². The molecule has 3 unspecified atom stereocenters. The zero-order chi connectivity index (χ0) is 35.0. The molecule has 0 rings (SSSR count). The number of esters is 2. The van der Waals surface area contributed by atoms with Crippen LogP contribution in [0, 0.1) is 0 Å². The van der Waals surface area contributed by atoms with E-state index in [2.05, 4.69) is 30.5 Å². The second-order valence-corrected chi connectivity index (χ2v) is 13.8. The number of carbonyl (C=O) groups excluding carboxylic acids is 2. The number of phosphoric ester groups is 1. The molecule has 12 heteroatoms. The first kappa shape index (κ1) is 45.2. The van der Waals surface area contributed by atoms with Crippen LogP contribution < -0.4 is 5.73 Å². The number of carboxylic acids is 1. The van der Waals surface area contributed by atoms with E-state index in [0.717, 1.165) is 57.8 Å². The third-order valence-electron chi connectivity index (χ3n) is 7.76. The Morgan fingerprint density at radius 3 is 1.57 bits per heavy atom. The molecule has 0 aromatic carbocycles. The number of hydrogen-bond acceptors (Lipinski definition) is 9. The third kappa shape index (κ3) is 31.3. The van der Waals surface area contributed by atoms with Crippen LogP contribution in [-0.4, -0.2) is 59.9 Å². The molecule has 0 spiro atoms. The van der Waals surface area contributed by atoms with E-state index in [-0.39, 0.29) is 19.4 Å². The van der Waals surface area contributed by atoms with E-state index in [0.29, 0.717) is 12.8 Å². The largest absolute Gasteiger partial charge is 0.480 e. The number of aliphatic carboxylic acids is 1. The van der Waals surface area contributed by atoms with E-state index in [1.165, 1.54) is 64.2 Å². The van der Waals surface area contributed by atoms with Crippen molar-refractivity contribution in [1.29, 1.82) is 0 Å². The zero-order valence-electron chi connectivity index (χ0n) is 29.4. The summed E-state index contributed by atoms with van der Waals surface area (Å²) >= 11 is 0. The Labute approximate surface area is 284 Å². The van der Waals surface area contributed by atoms with Gasteiger partial charge in [-0.1, -0.05) is 122 Å². The number of carboxylic acid groups (broad SMARTS) is 1. The Hall–Kier alpha value is -1.78. The summed E-state index contributed by atoms with van der Waals surface area (Å²) in [6, 6.07) is -1.52. The first-order chi connectivity index (χ1) is 22.6. The van der Waals surface area contributed by atoms with E-state index in [9.17, 15) is 23.8 Å². The molecule has 4 N–H and O–H groups in total. The zero-order valence-corrected chi connectivity index (χ0v) is 30.3. The highest BCUT2D eigenvalue weighted by molar-refractivity contribution is 7.47. The van der Waals surface area contributed by atoms with Crippen molar-refractivity contribution in [1.82, 2.24) is 0 Å². The van der Waals surface area contributed by atoms with Crippen molar-refractivity contribution in [2.45, 2.75) is 174 Å². The number of allylic oxidation sites excluding steroid dienone is 2. The van der Waals surface area contributed by atoms with Crippen LogP contribution >= 0.6 is 7.82 Å². The fourth-order valence-electron chi connectivity index (χ4n) is 4.82. The van der Waals surface area contributed by atoms with Gasteiger partial charge < -0.3 is 25.2 Å². The fourth-order valence-corrected chi connectivity index (χ4v) is 5.60. The lowest BCUT2D eigenvalue weighted by Crippen LogP contribution is -2.34. The number of hydrogen-bond donors (Lipinski definition) is 3. The predicted molar refractivity (Wildman–Crippen MR) is 185 cm³/mol. The highest BCUT2D eigenvalue weighted by atomic mass is 31.2. The molecular formula is C35H66NO10P. The summed E-state index contributed by atoms with van der Waals surface area (Å²) in [5, 5.41) is 8.84. The topological polar surface area (TPSA) is 172 Å². The maximum absolute atomic E-state index is 12.5. The summed E-state index contributed by atoms with van der Waals surface area (Å²) in [5.74, 6) is -2.39. The van der Waals surface area contributed by atoms with E-state index < -0.39 is 51.1 Å². The van der Waals surface area contributed by atoms with Crippen LogP contribution in [-0.2, 0) is 37.5 Å². The van der Waals surface area contributed by atoms with Gasteiger partial charge in [0, 0.05) is 12.8 Å². The molecule has 0 aliphatic heterocycles. The molecule has 3 atom stereocenters. The number of phosphoric acid groups is 1. The predicted octanol–water partition coefficient (Wildman–Crippen LogP) is 8.56. The minimum Gasteiger partial charge on any atom is -0.480 e. The van der Waals surface area contributed by atoms with Gasteiger partial charge in [0.05, 0.1) is 13.2 Å². The average molecular weight is 692 g/mol. The first-order valence-corrected chi connectivity index (χ1v) is 19.7. The monoisotopic (exact) mass is 691 g/mol. The molecule has 0 aromatic rings. The number of nitrogens with two attached hydrogens (primary N) is 1. The van der Waals surface area contributed by atoms with Gasteiger partial charge in [0.1, 0.15) is 12.6 Å². The molecule has 11 nitrogen and oxygen atoms in total. The summed E-state index contributed by atoms with van der Waals surface area (Å²) in [5.41, 5.74) is 5.30. The van der Waals surface area contributed by atoms with Gasteiger partial charge in [-0.2, -0.15) is 0 Å². The highest BCUT2D eigenvalue weighted by Crippen LogP contribution is 2.43. The maximum Gasteiger partial charge on any atom is 0.472 e. The lowest BCUT2D eigenvalue weighted by atomic mass is 10.1. The van der Waals surface area contributed by atoms with E-state index >= 15 is 0 Å². The van der Waals surface area contributed by atoms with Crippen LogP contribution in [0.25, 0.3) is 0 Å². The minimum absolute atomic E-state index is 0.154. The fraction of sp³-hybridized carbons (Fsp3) is 0.857. The van der Waals surface area contributed by atoms with E-state index in [1.54, 1.807) is 0 Å². The second kappa shape index (κ2) is 31.5. The number of rotatable bonds is 34. The minimum atomic E-state index is -4.70. The maximum atomic E-state index is 12.5. The van der Waals surface area contributed by atoms with Gasteiger partial charge in [0.15, 0.2) is 6.10 Å². The Morgan fingerprint density at radius 2 is 1.06 bits per heavy atom. The van der Waals surface area contributed by atoms with Crippen LogP contribution in [0.1, 0.15) is 162 Å². The lowest BCUT2D eigenvalue weighted by molar-refractivity contribution is -0.161. The molecule has 0 heterocycles. The normalized spacial score (nSPS) is 14.1. The Bertz CT molecular complexity index is 869. The van der Waals surface area contributed by atoms with Gasteiger partial charge in [0.2, 0.25) is 0 Å². The Kier molecular flexibility index (Phi) is 30.3. The average Bonchev–Trinajstić information content (AvgIpc) is 3.04. The van der Waals surface area contributed by atoms with Crippen molar-refractivity contribution >= 4 is 25.7 Å². The molecule has 0 aromatic heterocycles. The molecular weight excluding hydrogens is 625 g/mol. The summed E-state index contributed by atoms with van der Waals surface area (Å²) < 4.78 is 32.5. The molecule has 0 aliphatic rings. The lowest BCUT2D eigenvalue weighted by Gasteiger charge is -2.20. The van der Waals surface area contributed by atoms with Crippen LogP contribution in [0.2, 0.25) is 0 Å². The standard InChI is InChI=1S/C35H66NO10P/c1-3-5-7-9-11-13-15-16-17-19-21-23-25-27-34(38)46-31(29-44-47(41,42)45-30-32(36)35(39)40)28-43-33(37)26-24-22-20-18-14-12-10-8-6-4-2/h13,15,31-32H,3-12,14,16-30,36H2,1-2H3,(H,39,40)(H,41,42)/b15-13-. The van der Waals surface area contributed by atoms with Gasteiger partial charge in [-0.15, -0.1) is 0 Å². The molecule has 0 saturated carbocycles. The van der Waals surface area contributed by atoms with Crippen LogP contribution in [0.4, 0.5) is 0 Å². The van der Waals surface area contributed by atoms with Crippen LogP contribution in [0.3, 0.4) is 0 Å².